The molecule has 0 spiro atoms. The number of methoxy groups -OCH3 is 1. The summed E-state index contributed by atoms with van der Waals surface area (Å²) in [5.41, 5.74) is 1.65. The third kappa shape index (κ3) is 2.37. The van der Waals surface area contributed by atoms with Crippen LogP contribution in [0.25, 0.3) is 28.0 Å². The van der Waals surface area contributed by atoms with Gasteiger partial charge in [-0.2, -0.15) is 5.10 Å². The molecule has 2 aromatic heterocycles. The quantitative estimate of drug-likeness (QED) is 0.572. The molecule has 4 rings (SSSR count). The second-order valence-corrected chi connectivity index (χ2v) is 5.66. The summed E-state index contributed by atoms with van der Waals surface area (Å²) < 4.78 is 7.69. The molecule has 0 radical (unpaired) electrons. The van der Waals surface area contributed by atoms with Gasteiger partial charge in [0, 0.05) is 17.6 Å². The Balaban J connectivity index is 1.99. The molecule has 1 N–H and O–H groups in total. The van der Waals surface area contributed by atoms with E-state index in [0.29, 0.717) is 10.6 Å². The fourth-order valence-corrected chi connectivity index (χ4v) is 2.98. The van der Waals surface area contributed by atoms with Crippen LogP contribution in [-0.4, -0.2) is 26.9 Å². The molecular formula is C18H14N4OS. The van der Waals surface area contributed by atoms with Gasteiger partial charge >= 0.3 is 0 Å². The van der Waals surface area contributed by atoms with Gasteiger partial charge in [0.2, 0.25) is 0 Å². The number of benzene rings is 2. The maximum Gasteiger partial charge on any atom is 0.200 e. The minimum Gasteiger partial charge on any atom is -0.497 e. The molecule has 0 aliphatic heterocycles. The lowest BCUT2D eigenvalue weighted by molar-refractivity contribution is 0.414. The fourth-order valence-electron chi connectivity index (χ4n) is 2.74. The van der Waals surface area contributed by atoms with E-state index in [2.05, 4.69) is 21.2 Å². The van der Waals surface area contributed by atoms with Gasteiger partial charge in [0.05, 0.1) is 12.8 Å². The zero-order valence-electron chi connectivity index (χ0n) is 12.9. The average Bonchev–Trinajstić information content (AvgIpc) is 3.02. The van der Waals surface area contributed by atoms with E-state index >= 15 is 0 Å². The maximum absolute atomic E-state index is 5.43. The Hall–Kier alpha value is -2.99. The van der Waals surface area contributed by atoms with Crippen molar-refractivity contribution in [2.45, 2.75) is 0 Å². The van der Waals surface area contributed by atoms with Crippen molar-refractivity contribution >= 4 is 23.0 Å². The summed E-state index contributed by atoms with van der Waals surface area (Å²) in [4.78, 5) is 4.54. The Morgan fingerprint density at radius 3 is 2.83 bits per heavy atom. The van der Waals surface area contributed by atoms with Crippen molar-refractivity contribution in [1.29, 1.82) is 0 Å². The number of nitrogens with zero attached hydrogens (tertiary/aromatic N) is 3. The third-order valence-corrected chi connectivity index (χ3v) is 4.14. The normalized spacial score (nSPS) is 10.9. The number of rotatable bonds is 3. The standard InChI is InChI=1S/C18H14N4OS/c1-23-14-7-4-6-13(11-14)22-17(20-21-18(22)24)16-15-8-3-2-5-12(15)9-10-19-16/h2-11H,1H3,(H,21,24). The van der Waals surface area contributed by atoms with Crippen LogP contribution in [0.3, 0.4) is 0 Å². The summed E-state index contributed by atoms with van der Waals surface area (Å²) in [7, 11) is 1.64. The number of aromatic amines is 1. The highest BCUT2D eigenvalue weighted by atomic mass is 32.1. The second-order valence-electron chi connectivity index (χ2n) is 5.27. The summed E-state index contributed by atoms with van der Waals surface area (Å²) in [5, 5.41) is 9.41. The third-order valence-electron chi connectivity index (χ3n) is 3.87. The molecule has 6 heteroatoms. The van der Waals surface area contributed by atoms with Crippen LogP contribution in [0.15, 0.2) is 60.8 Å². The van der Waals surface area contributed by atoms with Gasteiger partial charge in [-0.25, -0.2) is 0 Å². The van der Waals surface area contributed by atoms with Crippen LogP contribution in [0, 0.1) is 4.77 Å². The van der Waals surface area contributed by atoms with Crippen molar-refractivity contribution in [3.63, 3.8) is 0 Å². The lowest BCUT2D eigenvalue weighted by Gasteiger charge is -2.09. The molecule has 0 fully saturated rings. The molecule has 5 nitrogen and oxygen atoms in total. The number of nitrogens with one attached hydrogen (secondary N) is 1. The monoisotopic (exact) mass is 334 g/mol. The van der Waals surface area contributed by atoms with E-state index in [4.69, 9.17) is 17.0 Å². The molecule has 0 amide bonds. The molecule has 0 unspecified atom stereocenters. The molecule has 0 bridgehead atoms. The Morgan fingerprint density at radius 1 is 1.08 bits per heavy atom. The number of aromatic nitrogens is 4. The van der Waals surface area contributed by atoms with Crippen molar-refractivity contribution < 1.29 is 4.74 Å². The lowest BCUT2D eigenvalue weighted by atomic mass is 10.1. The molecule has 0 saturated heterocycles. The van der Waals surface area contributed by atoms with Crippen molar-refractivity contribution in [3.8, 4) is 23.0 Å². The van der Waals surface area contributed by atoms with Crippen molar-refractivity contribution in [2.75, 3.05) is 7.11 Å². The van der Waals surface area contributed by atoms with E-state index in [9.17, 15) is 0 Å². The van der Waals surface area contributed by atoms with Crippen LogP contribution in [0.5, 0.6) is 5.75 Å². The molecule has 0 aliphatic carbocycles. The Morgan fingerprint density at radius 2 is 1.96 bits per heavy atom. The summed E-state index contributed by atoms with van der Waals surface area (Å²) in [6, 6.07) is 17.8. The second kappa shape index (κ2) is 5.90. The van der Waals surface area contributed by atoms with Gasteiger partial charge in [-0.05, 0) is 35.8 Å². The SMILES string of the molecule is COc1cccc(-n2c(-c3nccc4ccccc34)n[nH]c2=S)c1. The van der Waals surface area contributed by atoms with Gasteiger partial charge in [-0.3, -0.25) is 14.6 Å². The van der Waals surface area contributed by atoms with Crippen molar-refractivity contribution in [1.82, 2.24) is 19.7 Å². The highest BCUT2D eigenvalue weighted by Crippen LogP contribution is 2.28. The van der Waals surface area contributed by atoms with Gasteiger partial charge in [0.25, 0.3) is 0 Å². The summed E-state index contributed by atoms with van der Waals surface area (Å²) in [5.74, 6) is 1.43. The molecular weight excluding hydrogens is 320 g/mol. The first-order valence-corrected chi connectivity index (χ1v) is 7.85. The highest BCUT2D eigenvalue weighted by molar-refractivity contribution is 7.71. The van der Waals surface area contributed by atoms with E-state index in [1.807, 2.05) is 53.1 Å². The van der Waals surface area contributed by atoms with E-state index in [-0.39, 0.29) is 0 Å². The maximum atomic E-state index is 5.43. The number of hydrogen-bond acceptors (Lipinski definition) is 4. The van der Waals surface area contributed by atoms with Crippen LogP contribution in [0.4, 0.5) is 0 Å². The fraction of sp³-hybridized carbons (Fsp3) is 0.0556. The Kier molecular flexibility index (Phi) is 3.59. The number of fused-ring (bicyclic) bond motifs is 1. The smallest absolute Gasteiger partial charge is 0.200 e. The first-order chi connectivity index (χ1) is 11.8. The Bertz CT molecular complexity index is 1080. The topological polar surface area (TPSA) is 55.7 Å². The number of ether oxygens (including phenoxy) is 1. The largest absolute Gasteiger partial charge is 0.497 e. The van der Waals surface area contributed by atoms with Crippen molar-refractivity contribution in [3.05, 3.63) is 65.6 Å². The van der Waals surface area contributed by atoms with E-state index in [1.54, 1.807) is 13.3 Å². The zero-order valence-corrected chi connectivity index (χ0v) is 13.7. The van der Waals surface area contributed by atoms with E-state index in [1.165, 1.54) is 0 Å². The zero-order chi connectivity index (χ0) is 16.5. The summed E-state index contributed by atoms with van der Waals surface area (Å²) in [6.45, 7) is 0. The molecule has 0 aliphatic rings. The number of hydrogen-bond donors (Lipinski definition) is 1. The molecule has 0 atom stereocenters. The molecule has 2 heterocycles. The predicted octanol–water partition coefficient (Wildman–Crippen LogP) is 4.15. The van der Waals surface area contributed by atoms with Gasteiger partial charge < -0.3 is 4.74 Å². The van der Waals surface area contributed by atoms with E-state index in [0.717, 1.165) is 27.9 Å². The molecule has 24 heavy (non-hydrogen) atoms. The predicted molar refractivity (Wildman–Crippen MR) is 96.0 cm³/mol. The van der Waals surface area contributed by atoms with Gasteiger partial charge in [-0.15, -0.1) is 0 Å². The van der Waals surface area contributed by atoms with Gasteiger partial charge in [0.15, 0.2) is 10.6 Å². The summed E-state index contributed by atoms with van der Waals surface area (Å²) >= 11 is 5.43. The van der Waals surface area contributed by atoms with E-state index < -0.39 is 0 Å². The molecule has 2 aromatic carbocycles. The molecule has 4 aromatic rings. The average molecular weight is 334 g/mol. The molecule has 118 valence electrons. The minimum absolute atomic E-state index is 0.507. The summed E-state index contributed by atoms with van der Waals surface area (Å²) in [6.07, 6.45) is 1.78. The van der Waals surface area contributed by atoms with Crippen LogP contribution in [0.2, 0.25) is 0 Å². The van der Waals surface area contributed by atoms with Crippen LogP contribution < -0.4 is 4.74 Å². The van der Waals surface area contributed by atoms with Crippen LogP contribution >= 0.6 is 12.2 Å². The van der Waals surface area contributed by atoms with Crippen LogP contribution in [0.1, 0.15) is 0 Å². The molecule has 0 saturated carbocycles. The van der Waals surface area contributed by atoms with Gasteiger partial charge in [0.1, 0.15) is 11.4 Å². The first-order valence-electron chi connectivity index (χ1n) is 7.44. The lowest BCUT2D eigenvalue weighted by Crippen LogP contribution is -2.00. The highest BCUT2D eigenvalue weighted by Gasteiger charge is 2.15. The van der Waals surface area contributed by atoms with Crippen LogP contribution in [-0.2, 0) is 0 Å². The van der Waals surface area contributed by atoms with Crippen molar-refractivity contribution in [2.24, 2.45) is 0 Å². The first kappa shape index (κ1) is 14.6. The minimum atomic E-state index is 0.507. The number of pyridine rings is 1. The van der Waals surface area contributed by atoms with Gasteiger partial charge in [-0.1, -0.05) is 30.3 Å². The number of H-pyrrole nitrogens is 1. The Labute approximate surface area is 143 Å².